The molecule has 0 saturated carbocycles. The smallest absolute Gasteiger partial charge is 0.307 e. The summed E-state index contributed by atoms with van der Waals surface area (Å²) in [6.45, 7) is 2.73. The van der Waals surface area contributed by atoms with Gasteiger partial charge in [-0.15, -0.1) is 0 Å². The maximum Gasteiger partial charge on any atom is 0.307 e. The van der Waals surface area contributed by atoms with Gasteiger partial charge >= 0.3 is 5.97 Å². The molecule has 1 heterocycles. The van der Waals surface area contributed by atoms with E-state index in [1.807, 2.05) is 6.92 Å². The van der Waals surface area contributed by atoms with Crippen LogP contribution in [0.25, 0.3) is 0 Å². The van der Waals surface area contributed by atoms with Crippen LogP contribution in [-0.2, 0) is 19.1 Å². The van der Waals surface area contributed by atoms with E-state index in [9.17, 15) is 14.4 Å². The van der Waals surface area contributed by atoms with E-state index < -0.39 is 17.9 Å². The van der Waals surface area contributed by atoms with Gasteiger partial charge in [0.1, 0.15) is 5.75 Å². The number of esters is 1. The summed E-state index contributed by atoms with van der Waals surface area (Å²) < 4.78 is 10.2. The highest BCUT2D eigenvalue weighted by Gasteiger charge is 2.36. The maximum atomic E-state index is 12.9. The summed E-state index contributed by atoms with van der Waals surface area (Å²) in [4.78, 5) is 38.9. The van der Waals surface area contributed by atoms with Gasteiger partial charge in [-0.2, -0.15) is 0 Å². The van der Waals surface area contributed by atoms with E-state index in [-0.39, 0.29) is 31.2 Å². The molecular formula is C23H25ClN2O5. The number of hydrogen-bond acceptors (Lipinski definition) is 5. The number of carbonyl (C=O) groups is 3. The number of hydrogen-bond donors (Lipinski definition) is 1. The first-order chi connectivity index (χ1) is 14.9. The fraction of sp³-hybridized carbons (Fsp3) is 0.348. The molecule has 1 N–H and O–H groups in total. The number of rotatable bonds is 8. The fourth-order valence-electron chi connectivity index (χ4n) is 3.51. The van der Waals surface area contributed by atoms with Crippen LogP contribution >= 0.6 is 11.6 Å². The van der Waals surface area contributed by atoms with Crippen molar-refractivity contribution in [3.8, 4) is 5.75 Å². The molecular weight excluding hydrogens is 420 g/mol. The Labute approximate surface area is 186 Å². The van der Waals surface area contributed by atoms with Crippen molar-refractivity contribution < 1.29 is 23.9 Å². The molecule has 0 bridgehead atoms. The lowest BCUT2D eigenvalue weighted by molar-refractivity contribution is -0.141. The predicted molar refractivity (Wildman–Crippen MR) is 117 cm³/mol. The van der Waals surface area contributed by atoms with Gasteiger partial charge < -0.3 is 19.7 Å². The number of methoxy groups -OCH3 is 1. The van der Waals surface area contributed by atoms with Gasteiger partial charge in [0.25, 0.3) is 0 Å². The van der Waals surface area contributed by atoms with Crippen molar-refractivity contribution in [1.82, 2.24) is 5.32 Å². The summed E-state index contributed by atoms with van der Waals surface area (Å²) in [5.74, 6) is -0.656. The first-order valence-electron chi connectivity index (χ1n) is 10.1. The lowest BCUT2D eigenvalue weighted by Gasteiger charge is -2.21. The Morgan fingerprint density at radius 1 is 1.16 bits per heavy atom. The molecule has 0 aromatic heterocycles. The third kappa shape index (κ3) is 5.76. The standard InChI is InChI=1S/C23H25ClN2O5/c1-3-31-19-10-8-18(9-11-19)26-14-16(12-21(26)27)23(29)25-20(13-22(28)30-2)15-4-6-17(24)7-5-15/h4-11,16,20H,3,12-14H2,1-2H3,(H,25,29)/t16-,20-/m0/s1. The summed E-state index contributed by atoms with van der Waals surface area (Å²) in [6.07, 6.45) is 0.0811. The van der Waals surface area contributed by atoms with Crippen molar-refractivity contribution in [3.05, 3.63) is 59.1 Å². The number of nitrogens with one attached hydrogen (secondary N) is 1. The van der Waals surface area contributed by atoms with Crippen molar-refractivity contribution in [2.75, 3.05) is 25.2 Å². The molecule has 164 valence electrons. The van der Waals surface area contributed by atoms with Gasteiger partial charge in [0.2, 0.25) is 11.8 Å². The van der Waals surface area contributed by atoms with Crippen LogP contribution in [0, 0.1) is 5.92 Å². The van der Waals surface area contributed by atoms with Crippen LogP contribution in [0.2, 0.25) is 5.02 Å². The van der Waals surface area contributed by atoms with Gasteiger partial charge in [-0.1, -0.05) is 23.7 Å². The summed E-state index contributed by atoms with van der Waals surface area (Å²) in [6, 6.07) is 13.5. The Kier molecular flexibility index (Phi) is 7.52. The van der Waals surface area contributed by atoms with Gasteiger partial charge in [0.05, 0.1) is 32.1 Å². The Balaban J connectivity index is 1.69. The highest BCUT2D eigenvalue weighted by atomic mass is 35.5. The molecule has 1 aliphatic heterocycles. The van der Waals surface area contributed by atoms with E-state index in [4.69, 9.17) is 21.1 Å². The molecule has 3 rings (SSSR count). The highest BCUT2D eigenvalue weighted by molar-refractivity contribution is 6.30. The zero-order valence-corrected chi connectivity index (χ0v) is 18.2. The van der Waals surface area contributed by atoms with E-state index in [1.165, 1.54) is 7.11 Å². The molecule has 2 aromatic rings. The topological polar surface area (TPSA) is 84.9 Å². The minimum Gasteiger partial charge on any atom is -0.494 e. The second kappa shape index (κ2) is 10.3. The van der Waals surface area contributed by atoms with E-state index in [0.29, 0.717) is 17.3 Å². The van der Waals surface area contributed by atoms with Crippen molar-refractivity contribution in [1.29, 1.82) is 0 Å². The Bertz CT molecular complexity index is 930. The zero-order chi connectivity index (χ0) is 22.4. The van der Waals surface area contributed by atoms with Crippen molar-refractivity contribution in [2.24, 2.45) is 5.92 Å². The Morgan fingerprint density at radius 3 is 2.45 bits per heavy atom. The number of carbonyl (C=O) groups excluding carboxylic acids is 3. The normalized spacial score (nSPS) is 16.7. The molecule has 7 nitrogen and oxygen atoms in total. The van der Waals surface area contributed by atoms with Gasteiger partial charge in [0.15, 0.2) is 0 Å². The van der Waals surface area contributed by atoms with Crippen LogP contribution in [0.5, 0.6) is 5.75 Å². The molecule has 8 heteroatoms. The van der Waals surface area contributed by atoms with E-state index >= 15 is 0 Å². The largest absolute Gasteiger partial charge is 0.494 e. The van der Waals surface area contributed by atoms with Crippen LogP contribution in [0.3, 0.4) is 0 Å². The highest BCUT2D eigenvalue weighted by Crippen LogP contribution is 2.28. The number of amides is 2. The Hall–Kier alpha value is -3.06. The number of anilines is 1. The molecule has 2 amide bonds. The van der Waals surface area contributed by atoms with E-state index in [1.54, 1.807) is 53.4 Å². The van der Waals surface area contributed by atoms with Gasteiger partial charge in [-0.05, 0) is 48.9 Å². The average Bonchev–Trinajstić information content (AvgIpc) is 3.16. The number of nitrogens with zero attached hydrogens (tertiary/aromatic N) is 1. The molecule has 0 aliphatic carbocycles. The first kappa shape index (κ1) is 22.6. The van der Waals surface area contributed by atoms with E-state index in [0.717, 1.165) is 11.3 Å². The van der Waals surface area contributed by atoms with Crippen LogP contribution in [0.4, 0.5) is 5.69 Å². The van der Waals surface area contributed by atoms with Crippen molar-refractivity contribution in [3.63, 3.8) is 0 Å². The summed E-state index contributed by atoms with van der Waals surface area (Å²) in [5.41, 5.74) is 1.45. The van der Waals surface area contributed by atoms with Crippen LogP contribution < -0.4 is 15.0 Å². The van der Waals surface area contributed by atoms with Gasteiger partial charge in [-0.3, -0.25) is 14.4 Å². The minimum atomic E-state index is -0.577. The molecule has 0 unspecified atom stereocenters. The SMILES string of the molecule is CCOc1ccc(N2C[C@@H](C(=O)N[C@@H](CC(=O)OC)c3ccc(Cl)cc3)CC2=O)cc1. The molecule has 2 aromatic carbocycles. The molecule has 1 saturated heterocycles. The van der Waals surface area contributed by atoms with Crippen LogP contribution in [0.1, 0.15) is 31.4 Å². The molecule has 1 fully saturated rings. The second-order valence-corrected chi connectivity index (χ2v) is 7.66. The number of halogens is 1. The van der Waals surface area contributed by atoms with Crippen molar-refractivity contribution in [2.45, 2.75) is 25.8 Å². The molecule has 2 atom stereocenters. The quantitative estimate of drug-likeness (QED) is 0.630. The number of ether oxygens (including phenoxy) is 2. The van der Waals surface area contributed by atoms with E-state index in [2.05, 4.69) is 5.32 Å². The van der Waals surface area contributed by atoms with Gasteiger partial charge in [0, 0.05) is 23.7 Å². The predicted octanol–water partition coefficient (Wildman–Crippen LogP) is 3.51. The third-order valence-electron chi connectivity index (χ3n) is 5.14. The monoisotopic (exact) mass is 444 g/mol. The first-order valence-corrected chi connectivity index (χ1v) is 10.4. The van der Waals surface area contributed by atoms with Crippen molar-refractivity contribution >= 4 is 35.1 Å². The molecule has 0 radical (unpaired) electrons. The molecule has 0 spiro atoms. The summed E-state index contributed by atoms with van der Waals surface area (Å²) in [5, 5.41) is 3.45. The summed E-state index contributed by atoms with van der Waals surface area (Å²) >= 11 is 5.95. The lowest BCUT2D eigenvalue weighted by Crippen LogP contribution is -2.36. The van der Waals surface area contributed by atoms with Gasteiger partial charge in [-0.25, -0.2) is 0 Å². The number of benzene rings is 2. The minimum absolute atomic E-state index is 0.0207. The molecule has 1 aliphatic rings. The van der Waals surface area contributed by atoms with Crippen LogP contribution in [0.15, 0.2) is 48.5 Å². The fourth-order valence-corrected chi connectivity index (χ4v) is 3.63. The zero-order valence-electron chi connectivity index (χ0n) is 17.5. The van der Waals surface area contributed by atoms with Crippen LogP contribution in [-0.4, -0.2) is 38.0 Å². The third-order valence-corrected chi connectivity index (χ3v) is 5.39. The maximum absolute atomic E-state index is 12.9. The molecule has 31 heavy (non-hydrogen) atoms. The Morgan fingerprint density at radius 2 is 1.84 bits per heavy atom. The summed E-state index contributed by atoms with van der Waals surface area (Å²) in [7, 11) is 1.30. The second-order valence-electron chi connectivity index (χ2n) is 7.23. The lowest BCUT2D eigenvalue weighted by atomic mass is 10.0. The average molecular weight is 445 g/mol.